The maximum Gasteiger partial charge on any atom is 0.233 e. The highest BCUT2D eigenvalue weighted by Gasteiger charge is 2.27. The monoisotopic (exact) mass is 259 g/mol. The number of para-hydroxylation sites is 1. The first-order chi connectivity index (χ1) is 9.29. The van der Waals surface area contributed by atoms with Crippen molar-refractivity contribution in [3.63, 3.8) is 0 Å². The summed E-state index contributed by atoms with van der Waals surface area (Å²) in [4.78, 5) is 0. The minimum Gasteiger partial charge on any atom is -0.493 e. The summed E-state index contributed by atoms with van der Waals surface area (Å²) in [7, 11) is 0. The van der Waals surface area contributed by atoms with Crippen LogP contribution in [0.2, 0.25) is 0 Å². The molecule has 0 saturated carbocycles. The Bertz CT molecular complexity index is 567. The second kappa shape index (κ2) is 5.01. The summed E-state index contributed by atoms with van der Waals surface area (Å²) in [6.07, 6.45) is 1.63. The molecule has 3 rings (SSSR count). The van der Waals surface area contributed by atoms with Crippen molar-refractivity contribution in [1.29, 1.82) is 0 Å². The van der Waals surface area contributed by atoms with Crippen LogP contribution >= 0.6 is 0 Å². The van der Waals surface area contributed by atoms with E-state index in [0.29, 0.717) is 18.4 Å². The van der Waals surface area contributed by atoms with Gasteiger partial charge in [-0.05, 0) is 18.9 Å². The Hall–Kier alpha value is -1.88. The Morgan fingerprint density at radius 3 is 3.05 bits per heavy atom. The lowest BCUT2D eigenvalue weighted by Crippen LogP contribution is -2.15. The number of hydrogen-bond acceptors (Lipinski definition) is 5. The third kappa shape index (κ3) is 2.21. The van der Waals surface area contributed by atoms with E-state index in [4.69, 9.17) is 14.9 Å². The number of rotatable bonds is 3. The topological polar surface area (TPSA) is 74.2 Å². The lowest BCUT2D eigenvalue weighted by Gasteiger charge is -2.23. The van der Waals surface area contributed by atoms with Gasteiger partial charge in [-0.25, -0.2) is 0 Å². The molecular formula is C14H17N3O2. The first kappa shape index (κ1) is 12.2. The van der Waals surface area contributed by atoms with Crippen molar-refractivity contribution in [2.24, 2.45) is 5.73 Å². The van der Waals surface area contributed by atoms with Gasteiger partial charge in [0.25, 0.3) is 0 Å². The molecule has 0 saturated heterocycles. The third-order valence-corrected chi connectivity index (χ3v) is 3.47. The number of benzene rings is 1. The van der Waals surface area contributed by atoms with Crippen LogP contribution in [-0.2, 0) is 0 Å². The van der Waals surface area contributed by atoms with Gasteiger partial charge in [-0.15, -0.1) is 10.2 Å². The van der Waals surface area contributed by atoms with E-state index in [2.05, 4.69) is 10.2 Å². The van der Waals surface area contributed by atoms with Gasteiger partial charge in [-0.2, -0.15) is 0 Å². The molecule has 2 heterocycles. The van der Waals surface area contributed by atoms with Gasteiger partial charge < -0.3 is 14.9 Å². The van der Waals surface area contributed by atoms with Gasteiger partial charge >= 0.3 is 0 Å². The highest BCUT2D eigenvalue weighted by atomic mass is 16.5. The van der Waals surface area contributed by atoms with Crippen LogP contribution in [0.15, 0.2) is 28.7 Å². The number of hydrogen-bond donors (Lipinski definition) is 1. The van der Waals surface area contributed by atoms with E-state index in [-0.39, 0.29) is 12.0 Å². The van der Waals surface area contributed by atoms with Crippen molar-refractivity contribution in [2.45, 2.75) is 31.7 Å². The van der Waals surface area contributed by atoms with Gasteiger partial charge in [-0.3, -0.25) is 0 Å². The molecule has 2 atom stereocenters. The zero-order valence-corrected chi connectivity index (χ0v) is 10.9. The lowest BCUT2D eigenvalue weighted by atomic mass is 9.93. The fourth-order valence-electron chi connectivity index (χ4n) is 2.31. The van der Waals surface area contributed by atoms with E-state index in [1.165, 1.54) is 0 Å². The van der Waals surface area contributed by atoms with Crippen LogP contribution < -0.4 is 10.5 Å². The van der Waals surface area contributed by atoms with E-state index in [0.717, 1.165) is 24.2 Å². The predicted octanol–water partition coefficient (Wildman–Crippen LogP) is 2.39. The molecule has 100 valence electrons. The van der Waals surface area contributed by atoms with Crippen LogP contribution in [0.1, 0.15) is 49.1 Å². The Labute approximate surface area is 111 Å². The second-order valence-electron chi connectivity index (χ2n) is 4.72. The smallest absolute Gasteiger partial charge is 0.233 e. The highest BCUT2D eigenvalue weighted by Crippen LogP contribution is 2.37. The molecule has 0 aliphatic carbocycles. The zero-order chi connectivity index (χ0) is 13.2. The van der Waals surface area contributed by atoms with E-state index in [1.807, 2.05) is 31.2 Å². The van der Waals surface area contributed by atoms with Crippen molar-refractivity contribution in [3.05, 3.63) is 41.6 Å². The van der Waals surface area contributed by atoms with Crippen LogP contribution in [-0.4, -0.2) is 16.8 Å². The molecule has 5 heteroatoms. The molecule has 1 aliphatic heterocycles. The summed E-state index contributed by atoms with van der Waals surface area (Å²) >= 11 is 0. The van der Waals surface area contributed by atoms with Crippen LogP contribution in [0.25, 0.3) is 0 Å². The highest BCUT2D eigenvalue weighted by molar-refractivity contribution is 5.40. The molecule has 2 unspecified atom stereocenters. The minimum absolute atomic E-state index is 0.107. The molecule has 0 amide bonds. The number of fused-ring (bicyclic) bond motifs is 1. The van der Waals surface area contributed by atoms with E-state index in [1.54, 1.807) is 0 Å². The van der Waals surface area contributed by atoms with E-state index >= 15 is 0 Å². The van der Waals surface area contributed by atoms with Crippen LogP contribution in [0.3, 0.4) is 0 Å². The van der Waals surface area contributed by atoms with Gasteiger partial charge in [-0.1, -0.05) is 25.1 Å². The maximum absolute atomic E-state index is 5.91. The Balaban J connectivity index is 1.93. The summed E-state index contributed by atoms with van der Waals surface area (Å²) in [5, 5.41) is 8.21. The molecule has 5 nitrogen and oxygen atoms in total. The number of ether oxygens (including phenoxy) is 1. The van der Waals surface area contributed by atoms with Gasteiger partial charge in [0.2, 0.25) is 11.8 Å². The summed E-state index contributed by atoms with van der Waals surface area (Å²) in [5.74, 6) is 2.16. The molecule has 0 spiro atoms. The minimum atomic E-state index is -0.184. The summed E-state index contributed by atoms with van der Waals surface area (Å²) in [5.41, 5.74) is 7.02. The standard InChI is InChI=1S/C14H17N3O2/c1-2-11(15)14-17-16-13(19-14)10-7-8-18-12-6-4-3-5-9(10)12/h3-6,10-11H,2,7-8,15H2,1H3. The van der Waals surface area contributed by atoms with Crippen molar-refractivity contribution < 1.29 is 9.15 Å². The molecule has 2 aromatic rings. The molecule has 0 bridgehead atoms. The Morgan fingerprint density at radius 1 is 1.37 bits per heavy atom. The van der Waals surface area contributed by atoms with Gasteiger partial charge in [0.1, 0.15) is 5.75 Å². The van der Waals surface area contributed by atoms with Crippen LogP contribution in [0.5, 0.6) is 5.75 Å². The molecule has 0 fully saturated rings. The largest absolute Gasteiger partial charge is 0.493 e. The summed E-state index contributed by atoms with van der Waals surface area (Å²) in [6.45, 7) is 2.66. The van der Waals surface area contributed by atoms with Crippen molar-refractivity contribution >= 4 is 0 Å². The van der Waals surface area contributed by atoms with E-state index in [9.17, 15) is 0 Å². The quantitative estimate of drug-likeness (QED) is 0.916. The molecule has 1 aromatic heterocycles. The Kier molecular flexibility index (Phi) is 3.21. The number of aromatic nitrogens is 2. The molecule has 2 N–H and O–H groups in total. The Morgan fingerprint density at radius 2 is 2.21 bits per heavy atom. The average molecular weight is 259 g/mol. The normalized spacial score (nSPS) is 19.6. The number of nitrogens with zero attached hydrogens (tertiary/aromatic N) is 2. The van der Waals surface area contributed by atoms with Gasteiger partial charge in [0.05, 0.1) is 18.6 Å². The molecule has 1 aromatic carbocycles. The maximum atomic E-state index is 5.91. The third-order valence-electron chi connectivity index (χ3n) is 3.47. The predicted molar refractivity (Wildman–Crippen MR) is 69.9 cm³/mol. The van der Waals surface area contributed by atoms with Gasteiger partial charge in [0.15, 0.2) is 0 Å². The molecule has 19 heavy (non-hydrogen) atoms. The SMILES string of the molecule is CCC(N)c1nnc(C2CCOc3ccccc32)o1. The van der Waals surface area contributed by atoms with Crippen LogP contribution in [0.4, 0.5) is 0 Å². The molecule has 0 radical (unpaired) electrons. The van der Waals surface area contributed by atoms with E-state index < -0.39 is 0 Å². The number of nitrogens with two attached hydrogens (primary N) is 1. The molecular weight excluding hydrogens is 242 g/mol. The van der Waals surface area contributed by atoms with Gasteiger partial charge in [0, 0.05) is 5.56 Å². The summed E-state index contributed by atoms with van der Waals surface area (Å²) < 4.78 is 11.4. The van der Waals surface area contributed by atoms with Crippen molar-refractivity contribution in [1.82, 2.24) is 10.2 Å². The van der Waals surface area contributed by atoms with Crippen molar-refractivity contribution in [2.75, 3.05) is 6.61 Å². The molecule has 1 aliphatic rings. The zero-order valence-electron chi connectivity index (χ0n) is 10.9. The second-order valence-corrected chi connectivity index (χ2v) is 4.72. The summed E-state index contributed by atoms with van der Waals surface area (Å²) in [6, 6.07) is 7.79. The first-order valence-corrected chi connectivity index (χ1v) is 6.60. The fourth-order valence-corrected chi connectivity index (χ4v) is 2.31. The van der Waals surface area contributed by atoms with Crippen molar-refractivity contribution in [3.8, 4) is 5.75 Å². The average Bonchev–Trinajstić information content (AvgIpc) is 2.95. The lowest BCUT2D eigenvalue weighted by molar-refractivity contribution is 0.262. The fraction of sp³-hybridized carbons (Fsp3) is 0.429. The van der Waals surface area contributed by atoms with Crippen LogP contribution in [0, 0.1) is 0 Å². The first-order valence-electron chi connectivity index (χ1n) is 6.60.